The van der Waals surface area contributed by atoms with Crippen LogP contribution < -0.4 is 5.32 Å². The van der Waals surface area contributed by atoms with Crippen LogP contribution in [0.25, 0.3) is 0 Å². The molecule has 0 aromatic carbocycles. The van der Waals surface area contributed by atoms with Crippen molar-refractivity contribution in [2.45, 2.75) is 19.5 Å². The van der Waals surface area contributed by atoms with Crippen LogP contribution in [-0.4, -0.2) is 48.6 Å². The molecule has 0 aliphatic carbocycles. The summed E-state index contributed by atoms with van der Waals surface area (Å²) in [5, 5.41) is 5.08. The molecule has 0 bridgehead atoms. The number of alkyl halides is 3. The van der Waals surface area contributed by atoms with Crippen molar-refractivity contribution in [1.82, 2.24) is 15.2 Å². The van der Waals surface area contributed by atoms with E-state index in [1.807, 2.05) is 0 Å². The van der Waals surface area contributed by atoms with Crippen molar-refractivity contribution < 1.29 is 18.0 Å². The highest BCUT2D eigenvalue weighted by Crippen LogP contribution is 2.15. The predicted molar refractivity (Wildman–Crippen MR) is 67.4 cm³/mol. The minimum absolute atomic E-state index is 0.274. The Morgan fingerprint density at radius 3 is 2.74 bits per heavy atom. The lowest BCUT2D eigenvalue weighted by atomic mass is 10.3. The summed E-state index contributed by atoms with van der Waals surface area (Å²) in [6.45, 7) is 1.47. The first-order valence-electron chi connectivity index (χ1n) is 5.73. The first-order valence-corrected chi connectivity index (χ1v) is 6.61. The number of hydrogen-bond acceptors (Lipinski definition) is 4. The molecule has 1 N–H and O–H groups in total. The first-order chi connectivity index (χ1) is 8.78. The molecule has 0 radical (unpaired) electrons. The number of carbonyl (C=O) groups excluding carboxylic acids is 1. The Bertz CT molecular complexity index is 420. The normalized spacial score (nSPS) is 11.9. The number of hydrogen-bond donors (Lipinski definition) is 1. The third-order valence-corrected chi connectivity index (χ3v) is 3.08. The smallest absolute Gasteiger partial charge is 0.351 e. The lowest BCUT2D eigenvalue weighted by Crippen LogP contribution is -2.33. The van der Waals surface area contributed by atoms with E-state index in [-0.39, 0.29) is 12.5 Å². The van der Waals surface area contributed by atoms with Gasteiger partial charge in [0, 0.05) is 11.9 Å². The topological polar surface area (TPSA) is 45.2 Å². The van der Waals surface area contributed by atoms with Crippen molar-refractivity contribution >= 4 is 17.2 Å². The van der Waals surface area contributed by atoms with Gasteiger partial charge in [0.25, 0.3) is 5.91 Å². The standard InChI is InChI=1S/C11H16F3N3OS/c1-8-16-9(6-19-8)10(18)15-4-3-5-17(2)7-11(12,13)14/h6H,3-5,7H2,1-2H3,(H,15,18). The average molecular weight is 295 g/mol. The van der Waals surface area contributed by atoms with E-state index >= 15 is 0 Å². The maximum Gasteiger partial charge on any atom is 0.401 e. The lowest BCUT2D eigenvalue weighted by Gasteiger charge is -2.18. The van der Waals surface area contributed by atoms with Crippen molar-refractivity contribution in [3.8, 4) is 0 Å². The van der Waals surface area contributed by atoms with Crippen molar-refractivity contribution in [2.75, 3.05) is 26.7 Å². The molecular weight excluding hydrogens is 279 g/mol. The number of rotatable bonds is 6. The minimum atomic E-state index is -4.18. The molecular formula is C11H16F3N3OS. The number of aryl methyl sites for hydroxylation is 1. The monoisotopic (exact) mass is 295 g/mol. The van der Waals surface area contributed by atoms with Gasteiger partial charge in [-0.25, -0.2) is 4.98 Å². The first kappa shape index (κ1) is 15.9. The second-order valence-electron chi connectivity index (χ2n) is 4.21. The van der Waals surface area contributed by atoms with Gasteiger partial charge in [-0.2, -0.15) is 13.2 Å². The van der Waals surface area contributed by atoms with Crippen LogP contribution in [0.1, 0.15) is 21.9 Å². The quantitative estimate of drug-likeness (QED) is 0.817. The molecule has 1 rings (SSSR count). The Morgan fingerprint density at radius 2 is 2.21 bits per heavy atom. The van der Waals surface area contributed by atoms with Gasteiger partial charge in [0.15, 0.2) is 0 Å². The van der Waals surface area contributed by atoms with Crippen molar-refractivity contribution in [1.29, 1.82) is 0 Å². The zero-order valence-corrected chi connectivity index (χ0v) is 11.6. The van der Waals surface area contributed by atoms with E-state index < -0.39 is 12.7 Å². The van der Waals surface area contributed by atoms with Gasteiger partial charge in [-0.05, 0) is 26.9 Å². The van der Waals surface area contributed by atoms with Crippen molar-refractivity contribution in [2.24, 2.45) is 0 Å². The molecule has 8 heteroatoms. The fourth-order valence-corrected chi connectivity index (χ4v) is 2.09. The van der Waals surface area contributed by atoms with Gasteiger partial charge in [0.05, 0.1) is 11.6 Å². The summed E-state index contributed by atoms with van der Waals surface area (Å²) in [6.07, 6.45) is -3.72. The molecule has 0 aliphatic rings. The molecule has 1 aromatic rings. The zero-order chi connectivity index (χ0) is 14.5. The third kappa shape index (κ3) is 6.53. The van der Waals surface area contributed by atoms with Crippen LogP contribution in [0.5, 0.6) is 0 Å². The maximum absolute atomic E-state index is 12.0. The van der Waals surface area contributed by atoms with Crippen LogP contribution >= 0.6 is 11.3 Å². The molecule has 0 fully saturated rings. The number of halogens is 3. The van der Waals surface area contributed by atoms with E-state index in [0.717, 1.165) is 5.01 Å². The molecule has 19 heavy (non-hydrogen) atoms. The van der Waals surface area contributed by atoms with Crippen LogP contribution in [0.4, 0.5) is 13.2 Å². The molecule has 0 saturated heterocycles. The van der Waals surface area contributed by atoms with Gasteiger partial charge in [-0.3, -0.25) is 9.69 Å². The average Bonchev–Trinajstić information content (AvgIpc) is 2.68. The summed E-state index contributed by atoms with van der Waals surface area (Å²) in [5.74, 6) is -0.289. The Labute approximate surface area is 113 Å². The molecule has 108 valence electrons. The number of carbonyl (C=O) groups is 1. The predicted octanol–water partition coefficient (Wildman–Crippen LogP) is 2.07. The molecule has 0 saturated carbocycles. The fraction of sp³-hybridized carbons (Fsp3) is 0.636. The summed E-state index contributed by atoms with van der Waals surface area (Å²) in [7, 11) is 1.40. The maximum atomic E-state index is 12.0. The third-order valence-electron chi connectivity index (χ3n) is 2.30. The molecule has 4 nitrogen and oxygen atoms in total. The van der Waals surface area contributed by atoms with Gasteiger partial charge >= 0.3 is 6.18 Å². The summed E-state index contributed by atoms with van der Waals surface area (Å²) in [4.78, 5) is 16.8. The van der Waals surface area contributed by atoms with Gasteiger partial charge in [-0.1, -0.05) is 0 Å². The van der Waals surface area contributed by atoms with Crippen LogP contribution in [0, 0.1) is 6.92 Å². The van der Waals surface area contributed by atoms with Crippen LogP contribution in [-0.2, 0) is 0 Å². The van der Waals surface area contributed by atoms with Crippen molar-refractivity contribution in [3.63, 3.8) is 0 Å². The summed E-state index contributed by atoms with van der Waals surface area (Å²) in [6, 6.07) is 0. The molecule has 1 heterocycles. The number of aromatic nitrogens is 1. The Morgan fingerprint density at radius 1 is 1.53 bits per heavy atom. The second-order valence-corrected chi connectivity index (χ2v) is 5.28. The van der Waals surface area contributed by atoms with Crippen LogP contribution in [0.2, 0.25) is 0 Å². The Kier molecular flexibility index (Phi) is 5.74. The van der Waals surface area contributed by atoms with E-state index in [4.69, 9.17) is 0 Å². The van der Waals surface area contributed by atoms with E-state index in [1.165, 1.54) is 23.3 Å². The highest BCUT2D eigenvalue weighted by Gasteiger charge is 2.28. The van der Waals surface area contributed by atoms with Gasteiger partial charge in [0.1, 0.15) is 5.69 Å². The second kappa shape index (κ2) is 6.85. The van der Waals surface area contributed by atoms with Crippen LogP contribution in [0.3, 0.4) is 0 Å². The highest BCUT2D eigenvalue weighted by molar-refractivity contribution is 7.09. The van der Waals surface area contributed by atoms with Gasteiger partial charge in [0.2, 0.25) is 0 Å². The largest absolute Gasteiger partial charge is 0.401 e. The SMILES string of the molecule is Cc1nc(C(=O)NCCCN(C)CC(F)(F)F)cs1. The minimum Gasteiger partial charge on any atom is -0.351 e. The summed E-state index contributed by atoms with van der Waals surface area (Å²) in [5.41, 5.74) is 0.353. The summed E-state index contributed by atoms with van der Waals surface area (Å²) >= 11 is 1.38. The lowest BCUT2D eigenvalue weighted by molar-refractivity contribution is -0.143. The Balaban J connectivity index is 2.19. The van der Waals surface area contributed by atoms with Crippen molar-refractivity contribution in [3.05, 3.63) is 16.1 Å². The van der Waals surface area contributed by atoms with Gasteiger partial charge < -0.3 is 5.32 Å². The Hall–Kier alpha value is -1.15. The number of nitrogens with zero attached hydrogens (tertiary/aromatic N) is 2. The molecule has 0 spiro atoms. The zero-order valence-electron chi connectivity index (χ0n) is 10.8. The van der Waals surface area contributed by atoms with E-state index in [0.29, 0.717) is 18.7 Å². The molecule has 0 unspecified atom stereocenters. The van der Waals surface area contributed by atoms with Gasteiger partial charge in [-0.15, -0.1) is 11.3 Å². The number of amides is 1. The fourth-order valence-electron chi connectivity index (χ4n) is 1.49. The number of thiazole rings is 1. The number of nitrogens with one attached hydrogen (secondary N) is 1. The van der Waals surface area contributed by atoms with Crippen LogP contribution in [0.15, 0.2) is 5.38 Å². The molecule has 1 amide bonds. The van der Waals surface area contributed by atoms with E-state index in [1.54, 1.807) is 12.3 Å². The summed E-state index contributed by atoms with van der Waals surface area (Å²) < 4.78 is 36.1. The molecule has 0 aliphatic heterocycles. The van der Waals surface area contributed by atoms with E-state index in [9.17, 15) is 18.0 Å². The highest BCUT2D eigenvalue weighted by atomic mass is 32.1. The van der Waals surface area contributed by atoms with E-state index in [2.05, 4.69) is 10.3 Å². The molecule has 0 atom stereocenters. The molecule has 1 aromatic heterocycles.